The van der Waals surface area contributed by atoms with E-state index in [1.165, 1.54) is 0 Å². The third-order valence-corrected chi connectivity index (χ3v) is 0.778. The number of allylic oxidation sites excluding steroid dienone is 6. The van der Waals surface area contributed by atoms with Crippen LogP contribution < -0.4 is 0 Å². The van der Waals surface area contributed by atoms with Crippen LogP contribution in [0.3, 0.4) is 0 Å². The molecule has 67 valence electrons. The highest BCUT2D eigenvalue weighted by Gasteiger charge is 2.20. The van der Waals surface area contributed by atoms with Crippen molar-refractivity contribution < 1.29 is 17.3 Å². The van der Waals surface area contributed by atoms with Crippen LogP contribution in [0.5, 0.6) is 0 Å². The van der Waals surface area contributed by atoms with Crippen molar-refractivity contribution in [2.24, 2.45) is 0 Å². The van der Waals surface area contributed by atoms with Crippen molar-refractivity contribution in [2.45, 2.75) is 0 Å². The molecular formula is C7H7BF4-. The molecule has 0 aliphatic heterocycles. The Hall–Kier alpha value is -0.995. The van der Waals surface area contributed by atoms with Gasteiger partial charge in [-0.05, 0) is 0 Å². The Morgan fingerprint density at radius 3 is 1.17 bits per heavy atom. The Morgan fingerprint density at radius 2 is 0.833 bits per heavy atom. The third-order valence-electron chi connectivity index (χ3n) is 0.778. The van der Waals surface area contributed by atoms with Gasteiger partial charge in [0.1, 0.15) is 0 Å². The number of hydrogen-bond donors (Lipinski definition) is 0. The van der Waals surface area contributed by atoms with Crippen LogP contribution in [-0.4, -0.2) is 7.25 Å². The highest BCUT2D eigenvalue weighted by molar-refractivity contribution is 6.50. The van der Waals surface area contributed by atoms with Gasteiger partial charge >= 0.3 is 7.25 Å². The predicted molar refractivity (Wildman–Crippen MR) is 41.9 cm³/mol. The van der Waals surface area contributed by atoms with Gasteiger partial charge in [-0.25, -0.2) is 0 Å². The van der Waals surface area contributed by atoms with E-state index in [0.717, 1.165) is 0 Å². The second kappa shape index (κ2) is 5.63. The SMILES string of the molecule is F[B-](F)(F)F.[CH]1C=CC=CC=C1. The van der Waals surface area contributed by atoms with Gasteiger partial charge in [0, 0.05) is 6.42 Å². The highest BCUT2D eigenvalue weighted by Crippen LogP contribution is 2.06. The van der Waals surface area contributed by atoms with E-state index in [1.54, 1.807) is 0 Å². The number of hydrogen-bond acceptors (Lipinski definition) is 0. The molecule has 12 heavy (non-hydrogen) atoms. The average Bonchev–Trinajstić information content (AvgIpc) is 2.10. The summed E-state index contributed by atoms with van der Waals surface area (Å²) in [6.07, 6.45) is 14.0. The van der Waals surface area contributed by atoms with Crippen LogP contribution in [0.25, 0.3) is 0 Å². The molecule has 0 heterocycles. The van der Waals surface area contributed by atoms with Crippen LogP contribution in [0.4, 0.5) is 17.3 Å². The van der Waals surface area contributed by atoms with Crippen molar-refractivity contribution in [1.29, 1.82) is 0 Å². The summed E-state index contributed by atoms with van der Waals surface area (Å²) in [4.78, 5) is 0. The molecule has 0 unspecified atom stereocenters. The van der Waals surface area contributed by atoms with Crippen LogP contribution >= 0.6 is 0 Å². The molecule has 0 aromatic heterocycles. The van der Waals surface area contributed by atoms with E-state index in [-0.39, 0.29) is 0 Å². The van der Waals surface area contributed by atoms with Gasteiger partial charge in [0.25, 0.3) is 0 Å². The first kappa shape index (κ1) is 11.0. The first-order chi connectivity index (χ1) is 5.50. The molecule has 0 amide bonds. The molecule has 0 bridgehead atoms. The first-order valence-electron chi connectivity index (χ1n) is 3.21. The quantitative estimate of drug-likeness (QED) is 0.394. The Bertz CT molecular complexity index is 170. The predicted octanol–water partition coefficient (Wildman–Crippen LogP) is 3.17. The summed E-state index contributed by atoms with van der Waals surface area (Å²) >= 11 is 0. The molecule has 1 rings (SSSR count). The van der Waals surface area contributed by atoms with Crippen molar-refractivity contribution in [1.82, 2.24) is 0 Å². The maximum Gasteiger partial charge on any atom is 0.673 e. The maximum atomic E-state index is 9.75. The van der Waals surface area contributed by atoms with Crippen LogP contribution in [-0.2, 0) is 0 Å². The molecule has 0 atom stereocenters. The van der Waals surface area contributed by atoms with Crippen molar-refractivity contribution >= 4 is 7.25 Å². The summed E-state index contributed by atoms with van der Waals surface area (Å²) in [7, 11) is -6.00. The minimum absolute atomic E-state index is 2.00. The van der Waals surface area contributed by atoms with E-state index in [9.17, 15) is 17.3 Å². The minimum Gasteiger partial charge on any atom is -0.418 e. The molecule has 1 aliphatic rings. The van der Waals surface area contributed by atoms with E-state index >= 15 is 0 Å². The highest BCUT2D eigenvalue weighted by atomic mass is 19.5. The Kier molecular flexibility index (Phi) is 5.16. The summed E-state index contributed by atoms with van der Waals surface area (Å²) in [6.45, 7) is 0. The fraction of sp³-hybridized carbons (Fsp3) is 0. The van der Waals surface area contributed by atoms with Gasteiger partial charge in [-0.15, -0.1) is 0 Å². The Balaban J connectivity index is 0.000000217. The van der Waals surface area contributed by atoms with Gasteiger partial charge in [-0.1, -0.05) is 36.5 Å². The van der Waals surface area contributed by atoms with Gasteiger partial charge < -0.3 is 17.3 Å². The third kappa shape index (κ3) is 16.0. The van der Waals surface area contributed by atoms with E-state index in [2.05, 4.69) is 0 Å². The van der Waals surface area contributed by atoms with Crippen LogP contribution in [0.2, 0.25) is 0 Å². The summed E-state index contributed by atoms with van der Waals surface area (Å²) in [6, 6.07) is 0. The molecule has 0 aromatic rings. The van der Waals surface area contributed by atoms with Crippen molar-refractivity contribution in [3.63, 3.8) is 0 Å². The second-order valence-electron chi connectivity index (χ2n) is 1.84. The van der Waals surface area contributed by atoms with Crippen LogP contribution in [0, 0.1) is 6.42 Å². The van der Waals surface area contributed by atoms with Gasteiger partial charge in [0.15, 0.2) is 0 Å². The fourth-order valence-corrected chi connectivity index (χ4v) is 0.449. The zero-order chi connectivity index (χ0) is 9.45. The second-order valence-corrected chi connectivity index (χ2v) is 1.84. The molecule has 0 N–H and O–H groups in total. The van der Waals surface area contributed by atoms with E-state index in [0.29, 0.717) is 0 Å². The standard InChI is InChI=1S/C7H7.BF4/c1-2-4-6-7-5-3-1;2-1(3,4)5/h1-7H;/q;-1. The zero-order valence-electron chi connectivity index (χ0n) is 6.13. The molecule has 0 saturated carbocycles. The zero-order valence-corrected chi connectivity index (χ0v) is 6.13. The van der Waals surface area contributed by atoms with Gasteiger partial charge in [0.05, 0.1) is 0 Å². The van der Waals surface area contributed by atoms with Crippen molar-refractivity contribution in [2.75, 3.05) is 0 Å². The van der Waals surface area contributed by atoms with Crippen LogP contribution in [0.1, 0.15) is 0 Å². The molecule has 0 spiro atoms. The lowest BCUT2D eigenvalue weighted by Gasteiger charge is -1.94. The van der Waals surface area contributed by atoms with Crippen LogP contribution in [0.15, 0.2) is 36.5 Å². The van der Waals surface area contributed by atoms with Crippen molar-refractivity contribution in [3.8, 4) is 0 Å². The lowest BCUT2D eigenvalue weighted by molar-refractivity contribution is 0.368. The lowest BCUT2D eigenvalue weighted by atomic mass is 10.3. The normalized spacial score (nSPS) is 15.0. The number of halogens is 4. The molecule has 1 radical (unpaired) electrons. The Labute approximate surface area is 68.4 Å². The maximum absolute atomic E-state index is 9.75. The summed E-state index contributed by atoms with van der Waals surface area (Å²) in [5, 5.41) is 0. The summed E-state index contributed by atoms with van der Waals surface area (Å²) in [5.74, 6) is 0. The van der Waals surface area contributed by atoms with Gasteiger partial charge in [-0.2, -0.15) is 0 Å². The van der Waals surface area contributed by atoms with Crippen molar-refractivity contribution in [3.05, 3.63) is 42.9 Å². The van der Waals surface area contributed by atoms with E-state index < -0.39 is 7.25 Å². The molecule has 0 saturated heterocycles. The van der Waals surface area contributed by atoms with E-state index in [4.69, 9.17) is 0 Å². The number of rotatable bonds is 0. The molecule has 0 fully saturated rings. The molecule has 1 aliphatic carbocycles. The van der Waals surface area contributed by atoms with Gasteiger partial charge in [0.2, 0.25) is 0 Å². The van der Waals surface area contributed by atoms with Gasteiger partial charge in [-0.3, -0.25) is 0 Å². The lowest BCUT2D eigenvalue weighted by Crippen LogP contribution is -2.02. The molecule has 0 aromatic carbocycles. The Morgan fingerprint density at radius 1 is 0.583 bits per heavy atom. The summed E-state index contributed by atoms with van der Waals surface area (Å²) in [5.41, 5.74) is 0. The molecular weight excluding hydrogens is 171 g/mol. The first-order valence-corrected chi connectivity index (χ1v) is 3.21. The monoisotopic (exact) mass is 178 g/mol. The minimum atomic E-state index is -6.00. The smallest absolute Gasteiger partial charge is 0.418 e. The summed E-state index contributed by atoms with van der Waals surface area (Å²) < 4.78 is 39.0. The largest absolute Gasteiger partial charge is 0.673 e. The topological polar surface area (TPSA) is 0 Å². The van der Waals surface area contributed by atoms with E-state index in [1.807, 2.05) is 42.9 Å². The average molecular weight is 178 g/mol. The molecule has 5 heteroatoms. The fourth-order valence-electron chi connectivity index (χ4n) is 0.449. The molecule has 0 nitrogen and oxygen atoms in total.